The molecule has 1 aromatic heterocycles. The van der Waals surface area contributed by atoms with E-state index in [4.69, 9.17) is 4.42 Å². The summed E-state index contributed by atoms with van der Waals surface area (Å²) in [7, 11) is 0. The van der Waals surface area contributed by atoms with Gasteiger partial charge in [0.05, 0.1) is 0 Å². The van der Waals surface area contributed by atoms with Crippen molar-refractivity contribution in [2.24, 2.45) is 0 Å². The third-order valence-electron chi connectivity index (χ3n) is 13.5. The number of rotatable bonds is 3. The number of benzene rings is 9. The normalized spacial score (nSPS) is 14.6. The molecular weight excluding hydrogens is 689 g/mol. The van der Waals surface area contributed by atoms with Crippen molar-refractivity contribution in [1.29, 1.82) is 0 Å². The van der Waals surface area contributed by atoms with Crippen LogP contribution in [-0.4, -0.2) is 0 Å². The van der Waals surface area contributed by atoms with Crippen molar-refractivity contribution in [1.82, 2.24) is 0 Å². The van der Waals surface area contributed by atoms with Gasteiger partial charge in [0.15, 0.2) is 0 Å². The maximum Gasteiger partial charge on any atom is 0.143 e. The van der Waals surface area contributed by atoms with E-state index in [0.29, 0.717) is 0 Å². The predicted molar refractivity (Wildman–Crippen MR) is 240 cm³/mol. The van der Waals surface area contributed by atoms with Crippen molar-refractivity contribution >= 4 is 43.5 Å². The lowest BCUT2D eigenvalue weighted by Crippen LogP contribution is -2.15. The van der Waals surface area contributed by atoms with Crippen LogP contribution in [0.1, 0.15) is 49.9 Å². The largest absolute Gasteiger partial charge is 0.455 e. The predicted octanol–water partition coefficient (Wildman–Crippen LogP) is 15.5. The molecule has 0 bridgehead atoms. The molecule has 1 heterocycles. The van der Waals surface area contributed by atoms with Crippen LogP contribution < -0.4 is 0 Å². The quantitative estimate of drug-likeness (QED) is 0.165. The van der Waals surface area contributed by atoms with E-state index >= 15 is 0 Å². The van der Waals surface area contributed by atoms with E-state index in [-0.39, 0.29) is 10.8 Å². The van der Waals surface area contributed by atoms with Crippen LogP contribution in [0.5, 0.6) is 0 Å². The third kappa shape index (κ3) is 4.40. The number of fused-ring (bicyclic) bond motifs is 11. The van der Waals surface area contributed by atoms with Gasteiger partial charge in [0, 0.05) is 27.2 Å². The maximum atomic E-state index is 6.55. The fourth-order valence-electron chi connectivity index (χ4n) is 10.6. The molecule has 2 aliphatic rings. The van der Waals surface area contributed by atoms with E-state index in [1.807, 2.05) is 6.07 Å². The van der Waals surface area contributed by atoms with Gasteiger partial charge in [-0.25, -0.2) is 0 Å². The summed E-state index contributed by atoms with van der Waals surface area (Å²) in [6.07, 6.45) is 0. The van der Waals surface area contributed by atoms with E-state index in [9.17, 15) is 0 Å². The highest BCUT2D eigenvalue weighted by atomic mass is 16.3. The lowest BCUT2D eigenvalue weighted by molar-refractivity contribution is 0.660. The van der Waals surface area contributed by atoms with Crippen molar-refractivity contribution in [3.63, 3.8) is 0 Å². The van der Waals surface area contributed by atoms with Gasteiger partial charge in [-0.05, 0) is 124 Å². The van der Waals surface area contributed by atoms with Gasteiger partial charge >= 0.3 is 0 Å². The SMILES string of the molecule is CC1(C)c2ccccc2-c2ccc(-c3c4ccccc4c(-c4ccccc4)c4cc5c(cc34)-c3cc(-c4cccc6c4oc4ccccc46)ccc3C5(C)C)cc21. The molecule has 0 fully saturated rings. The first-order valence-electron chi connectivity index (χ1n) is 20.2. The second kappa shape index (κ2) is 11.4. The molecule has 0 saturated carbocycles. The molecular formula is C56H40O. The molecule has 0 radical (unpaired) electrons. The summed E-state index contributed by atoms with van der Waals surface area (Å²) in [4.78, 5) is 0. The number of para-hydroxylation sites is 2. The second-order valence-electron chi connectivity index (χ2n) is 17.2. The summed E-state index contributed by atoms with van der Waals surface area (Å²) in [6, 6.07) is 63.3. The van der Waals surface area contributed by atoms with E-state index in [1.165, 1.54) is 93.9 Å². The van der Waals surface area contributed by atoms with Gasteiger partial charge in [-0.2, -0.15) is 0 Å². The molecule has 1 nitrogen and oxygen atoms in total. The fraction of sp³-hybridized carbons (Fsp3) is 0.107. The van der Waals surface area contributed by atoms with Crippen molar-refractivity contribution in [2.75, 3.05) is 0 Å². The number of furan rings is 1. The van der Waals surface area contributed by atoms with Gasteiger partial charge in [0.25, 0.3) is 0 Å². The minimum absolute atomic E-state index is 0.0964. The lowest BCUT2D eigenvalue weighted by Gasteiger charge is -2.25. The molecule has 0 amide bonds. The Hall–Kier alpha value is -6.70. The van der Waals surface area contributed by atoms with Gasteiger partial charge in [0.1, 0.15) is 11.2 Å². The summed E-state index contributed by atoms with van der Waals surface area (Å²) in [5, 5.41) is 7.45. The van der Waals surface area contributed by atoms with Crippen LogP contribution in [-0.2, 0) is 10.8 Å². The number of hydrogen-bond acceptors (Lipinski definition) is 1. The summed E-state index contributed by atoms with van der Waals surface area (Å²) in [6.45, 7) is 9.55. The smallest absolute Gasteiger partial charge is 0.143 e. The lowest BCUT2D eigenvalue weighted by atomic mass is 9.78. The van der Waals surface area contributed by atoms with Gasteiger partial charge in [-0.15, -0.1) is 0 Å². The molecule has 10 aromatic rings. The molecule has 1 heteroatoms. The average molecular weight is 729 g/mol. The van der Waals surface area contributed by atoms with E-state index < -0.39 is 0 Å². The van der Waals surface area contributed by atoms with Crippen molar-refractivity contribution in [3.05, 3.63) is 192 Å². The summed E-state index contributed by atoms with van der Waals surface area (Å²) < 4.78 is 6.55. The van der Waals surface area contributed by atoms with Crippen LogP contribution in [0.2, 0.25) is 0 Å². The minimum atomic E-state index is -0.189. The Morgan fingerprint density at radius 1 is 0.316 bits per heavy atom. The van der Waals surface area contributed by atoms with E-state index in [0.717, 1.165) is 27.5 Å². The highest BCUT2D eigenvalue weighted by Gasteiger charge is 2.38. The molecule has 0 unspecified atom stereocenters. The van der Waals surface area contributed by atoms with Crippen LogP contribution in [0.15, 0.2) is 174 Å². The molecule has 0 spiro atoms. The van der Waals surface area contributed by atoms with Gasteiger partial charge in [-0.3, -0.25) is 0 Å². The second-order valence-corrected chi connectivity index (χ2v) is 17.2. The summed E-state index contributed by atoms with van der Waals surface area (Å²) in [5.41, 5.74) is 19.8. The van der Waals surface area contributed by atoms with Crippen LogP contribution in [0.3, 0.4) is 0 Å². The van der Waals surface area contributed by atoms with Crippen LogP contribution in [0.25, 0.3) is 99.1 Å². The first-order chi connectivity index (χ1) is 27.8. The Balaban J connectivity index is 1.15. The van der Waals surface area contributed by atoms with Crippen molar-refractivity contribution in [2.45, 2.75) is 38.5 Å². The highest BCUT2D eigenvalue weighted by Crippen LogP contribution is 2.55. The Morgan fingerprint density at radius 2 is 0.877 bits per heavy atom. The molecule has 270 valence electrons. The number of hydrogen-bond donors (Lipinski definition) is 0. The molecule has 12 rings (SSSR count). The first kappa shape index (κ1) is 32.5. The van der Waals surface area contributed by atoms with Gasteiger partial charge in [0.2, 0.25) is 0 Å². The van der Waals surface area contributed by atoms with Crippen molar-refractivity contribution in [3.8, 4) is 55.6 Å². The molecule has 0 atom stereocenters. The Morgan fingerprint density at radius 3 is 1.68 bits per heavy atom. The minimum Gasteiger partial charge on any atom is -0.455 e. The molecule has 0 N–H and O–H groups in total. The van der Waals surface area contributed by atoms with Gasteiger partial charge < -0.3 is 4.42 Å². The fourth-order valence-corrected chi connectivity index (χ4v) is 10.6. The summed E-state index contributed by atoms with van der Waals surface area (Å²) in [5.74, 6) is 0. The molecule has 0 aliphatic heterocycles. The van der Waals surface area contributed by atoms with E-state index in [2.05, 4.69) is 191 Å². The Labute approximate surface area is 332 Å². The monoisotopic (exact) mass is 728 g/mol. The maximum absolute atomic E-state index is 6.55. The first-order valence-corrected chi connectivity index (χ1v) is 20.2. The standard InChI is InChI=1S/C56H40O/c1-55(2)47-23-12-10-17-37(47)38-27-25-35(30-49(38)55)53-41-20-9-8-19-40(41)52(33-15-6-5-7-16-33)46-32-50-44(31-45(46)53)43-29-34(26-28-48(43)56(50,3)4)36-21-14-22-42-39-18-11-13-24-51(39)57-54(36)42/h5-32H,1-4H3. The van der Waals surface area contributed by atoms with Crippen LogP contribution in [0.4, 0.5) is 0 Å². The summed E-state index contributed by atoms with van der Waals surface area (Å²) >= 11 is 0. The van der Waals surface area contributed by atoms with Crippen molar-refractivity contribution < 1.29 is 4.42 Å². The molecule has 57 heavy (non-hydrogen) atoms. The van der Waals surface area contributed by atoms with Crippen LogP contribution >= 0.6 is 0 Å². The molecule has 2 aliphatic carbocycles. The third-order valence-corrected chi connectivity index (χ3v) is 13.5. The Bertz CT molecular complexity index is 3340. The molecule has 0 saturated heterocycles. The Kier molecular flexibility index (Phi) is 6.53. The van der Waals surface area contributed by atoms with Crippen LogP contribution in [0, 0.1) is 0 Å². The topological polar surface area (TPSA) is 13.1 Å². The zero-order valence-electron chi connectivity index (χ0n) is 32.6. The highest BCUT2D eigenvalue weighted by molar-refractivity contribution is 6.22. The average Bonchev–Trinajstić information content (AvgIpc) is 3.81. The zero-order chi connectivity index (χ0) is 38.2. The van der Waals surface area contributed by atoms with Gasteiger partial charge in [-0.1, -0.05) is 167 Å². The van der Waals surface area contributed by atoms with E-state index in [1.54, 1.807) is 0 Å². The molecule has 9 aromatic carbocycles. The zero-order valence-corrected chi connectivity index (χ0v) is 32.6.